The van der Waals surface area contributed by atoms with Crippen molar-refractivity contribution in [2.45, 2.75) is 6.92 Å². The average Bonchev–Trinajstić information content (AvgIpc) is 2.42. The van der Waals surface area contributed by atoms with E-state index in [0.717, 1.165) is 0 Å². The predicted molar refractivity (Wildman–Crippen MR) is 70.4 cm³/mol. The smallest absolute Gasteiger partial charge is 0.276 e. The summed E-state index contributed by atoms with van der Waals surface area (Å²) in [6, 6.07) is 3.39. The zero-order valence-electron chi connectivity index (χ0n) is 10.1. The Morgan fingerprint density at radius 2 is 2.21 bits per heavy atom. The van der Waals surface area contributed by atoms with E-state index in [2.05, 4.69) is 20.3 Å². The van der Waals surface area contributed by atoms with Gasteiger partial charge in [-0.05, 0) is 19.1 Å². The molecule has 0 aliphatic heterocycles. The Morgan fingerprint density at radius 1 is 1.37 bits per heavy atom. The Bertz CT molecular complexity index is 574. The number of pyridine rings is 1. The summed E-state index contributed by atoms with van der Waals surface area (Å²) in [6.45, 7) is 2.30. The van der Waals surface area contributed by atoms with Gasteiger partial charge in [0.05, 0.1) is 19.0 Å². The van der Waals surface area contributed by atoms with Crippen LogP contribution in [0.2, 0.25) is 5.15 Å². The summed E-state index contributed by atoms with van der Waals surface area (Å²) in [5.41, 5.74) is 0.641. The first-order valence-electron chi connectivity index (χ1n) is 5.57. The van der Waals surface area contributed by atoms with E-state index in [1.165, 1.54) is 12.4 Å². The third kappa shape index (κ3) is 3.38. The number of aromatic nitrogens is 3. The maximum Gasteiger partial charge on any atom is 0.276 e. The number of anilines is 1. The van der Waals surface area contributed by atoms with Crippen molar-refractivity contribution in [3.63, 3.8) is 0 Å². The van der Waals surface area contributed by atoms with Crippen LogP contribution in [0.15, 0.2) is 30.7 Å². The van der Waals surface area contributed by atoms with Crippen LogP contribution < -0.4 is 10.1 Å². The van der Waals surface area contributed by atoms with Crippen LogP contribution in [0.1, 0.15) is 17.4 Å². The molecule has 0 bridgehead atoms. The second kappa shape index (κ2) is 6.10. The van der Waals surface area contributed by atoms with Crippen molar-refractivity contribution >= 4 is 23.2 Å². The van der Waals surface area contributed by atoms with Crippen molar-refractivity contribution in [3.05, 3.63) is 41.6 Å². The summed E-state index contributed by atoms with van der Waals surface area (Å²) in [6.07, 6.45) is 4.19. The molecule has 1 amide bonds. The molecule has 0 saturated heterocycles. The number of nitrogens with zero attached hydrogens (tertiary/aromatic N) is 3. The van der Waals surface area contributed by atoms with Crippen LogP contribution in [0.25, 0.3) is 0 Å². The van der Waals surface area contributed by atoms with Crippen LogP contribution in [0.5, 0.6) is 5.88 Å². The van der Waals surface area contributed by atoms with Crippen molar-refractivity contribution in [2.75, 3.05) is 11.9 Å². The highest BCUT2D eigenvalue weighted by Crippen LogP contribution is 2.20. The minimum atomic E-state index is -0.405. The number of carbonyl (C=O) groups is 1. The SMILES string of the molecule is CCOc1ncccc1NC(=O)c1cnc(Cl)cn1. The van der Waals surface area contributed by atoms with Gasteiger partial charge in [0, 0.05) is 6.20 Å². The molecule has 2 aromatic rings. The van der Waals surface area contributed by atoms with Crippen LogP contribution in [0.3, 0.4) is 0 Å². The number of hydrogen-bond donors (Lipinski definition) is 1. The summed E-state index contributed by atoms with van der Waals surface area (Å²) >= 11 is 5.61. The third-order valence-electron chi connectivity index (χ3n) is 2.15. The minimum Gasteiger partial charge on any atom is -0.476 e. The van der Waals surface area contributed by atoms with Gasteiger partial charge in [0.1, 0.15) is 16.5 Å². The van der Waals surface area contributed by atoms with Gasteiger partial charge < -0.3 is 10.1 Å². The van der Waals surface area contributed by atoms with E-state index in [9.17, 15) is 4.79 Å². The number of nitrogens with one attached hydrogen (secondary N) is 1. The molecule has 0 unspecified atom stereocenters. The Hall–Kier alpha value is -2.21. The molecule has 19 heavy (non-hydrogen) atoms. The highest BCUT2D eigenvalue weighted by atomic mass is 35.5. The maximum atomic E-state index is 11.9. The Balaban J connectivity index is 2.16. The molecule has 6 nitrogen and oxygen atoms in total. The zero-order valence-corrected chi connectivity index (χ0v) is 10.9. The number of carbonyl (C=O) groups excluding carboxylic acids is 1. The summed E-state index contributed by atoms with van der Waals surface area (Å²) in [7, 11) is 0. The molecule has 0 spiro atoms. The van der Waals surface area contributed by atoms with Crippen LogP contribution in [0, 0.1) is 0 Å². The minimum absolute atomic E-state index is 0.163. The van der Waals surface area contributed by atoms with Gasteiger partial charge in [-0.25, -0.2) is 15.0 Å². The largest absolute Gasteiger partial charge is 0.476 e. The molecule has 7 heteroatoms. The molecule has 0 radical (unpaired) electrons. The van der Waals surface area contributed by atoms with E-state index in [0.29, 0.717) is 18.2 Å². The molecule has 0 fully saturated rings. The number of ether oxygens (including phenoxy) is 1. The third-order valence-corrected chi connectivity index (χ3v) is 2.35. The van der Waals surface area contributed by atoms with E-state index in [4.69, 9.17) is 16.3 Å². The van der Waals surface area contributed by atoms with Crippen LogP contribution in [-0.4, -0.2) is 27.5 Å². The highest BCUT2D eigenvalue weighted by Gasteiger charge is 2.11. The number of rotatable bonds is 4. The monoisotopic (exact) mass is 278 g/mol. The average molecular weight is 279 g/mol. The molecule has 2 heterocycles. The van der Waals surface area contributed by atoms with Crippen LogP contribution in [0.4, 0.5) is 5.69 Å². The maximum absolute atomic E-state index is 11.9. The molecule has 0 aliphatic rings. The number of amides is 1. The standard InChI is InChI=1S/C12H11ClN4O2/c1-2-19-12-8(4-3-5-14-12)17-11(18)9-6-16-10(13)7-15-9/h3-7H,2H2,1H3,(H,17,18). The Kier molecular flexibility index (Phi) is 4.25. The molecule has 1 N–H and O–H groups in total. The van der Waals surface area contributed by atoms with Gasteiger partial charge in [-0.3, -0.25) is 4.79 Å². The Labute approximate surface area is 114 Å². The fourth-order valence-corrected chi connectivity index (χ4v) is 1.45. The van der Waals surface area contributed by atoms with Gasteiger partial charge in [0.2, 0.25) is 5.88 Å². The lowest BCUT2D eigenvalue weighted by Crippen LogP contribution is -2.15. The molecule has 0 aliphatic carbocycles. The quantitative estimate of drug-likeness (QED) is 0.927. The van der Waals surface area contributed by atoms with E-state index < -0.39 is 5.91 Å². The number of halogens is 1. The second-order valence-electron chi connectivity index (χ2n) is 3.47. The first-order chi connectivity index (χ1) is 9.20. The summed E-state index contributed by atoms with van der Waals surface area (Å²) in [5, 5.41) is 2.89. The lowest BCUT2D eigenvalue weighted by molar-refractivity contribution is 0.102. The van der Waals surface area contributed by atoms with E-state index in [1.54, 1.807) is 18.3 Å². The normalized spacial score (nSPS) is 10.0. The summed E-state index contributed by atoms with van der Waals surface area (Å²) < 4.78 is 5.31. The van der Waals surface area contributed by atoms with Crippen molar-refractivity contribution in [1.82, 2.24) is 15.0 Å². The van der Waals surface area contributed by atoms with Gasteiger partial charge in [-0.15, -0.1) is 0 Å². The lowest BCUT2D eigenvalue weighted by atomic mass is 10.3. The van der Waals surface area contributed by atoms with Gasteiger partial charge in [0.25, 0.3) is 5.91 Å². The fraction of sp³-hybridized carbons (Fsp3) is 0.167. The van der Waals surface area contributed by atoms with Gasteiger partial charge in [0.15, 0.2) is 0 Å². The zero-order chi connectivity index (χ0) is 13.7. The summed E-state index contributed by atoms with van der Waals surface area (Å²) in [5.74, 6) is -0.0432. The molecule has 2 rings (SSSR count). The van der Waals surface area contributed by atoms with Crippen molar-refractivity contribution in [3.8, 4) is 5.88 Å². The fourth-order valence-electron chi connectivity index (χ4n) is 1.35. The van der Waals surface area contributed by atoms with Crippen LogP contribution in [-0.2, 0) is 0 Å². The van der Waals surface area contributed by atoms with Crippen molar-refractivity contribution in [1.29, 1.82) is 0 Å². The molecular formula is C12H11ClN4O2. The topological polar surface area (TPSA) is 77.0 Å². The molecule has 0 aromatic carbocycles. The first kappa shape index (κ1) is 13.2. The summed E-state index contributed by atoms with van der Waals surface area (Å²) in [4.78, 5) is 23.7. The predicted octanol–water partition coefficient (Wildman–Crippen LogP) is 2.18. The molecule has 98 valence electrons. The van der Waals surface area contributed by atoms with Crippen LogP contribution >= 0.6 is 11.6 Å². The van der Waals surface area contributed by atoms with Gasteiger partial charge >= 0.3 is 0 Å². The molecule has 0 saturated carbocycles. The van der Waals surface area contributed by atoms with E-state index in [-0.39, 0.29) is 10.8 Å². The van der Waals surface area contributed by atoms with Crippen molar-refractivity contribution in [2.24, 2.45) is 0 Å². The van der Waals surface area contributed by atoms with E-state index >= 15 is 0 Å². The molecule has 0 atom stereocenters. The second-order valence-corrected chi connectivity index (χ2v) is 3.85. The first-order valence-corrected chi connectivity index (χ1v) is 5.95. The number of hydrogen-bond acceptors (Lipinski definition) is 5. The Morgan fingerprint density at radius 3 is 2.89 bits per heavy atom. The van der Waals surface area contributed by atoms with Crippen molar-refractivity contribution < 1.29 is 9.53 Å². The van der Waals surface area contributed by atoms with Gasteiger partial charge in [-0.1, -0.05) is 11.6 Å². The molecular weight excluding hydrogens is 268 g/mol. The van der Waals surface area contributed by atoms with E-state index in [1.807, 2.05) is 6.92 Å². The van der Waals surface area contributed by atoms with Gasteiger partial charge in [-0.2, -0.15) is 0 Å². The molecule has 2 aromatic heterocycles. The highest BCUT2D eigenvalue weighted by molar-refractivity contribution is 6.29. The lowest BCUT2D eigenvalue weighted by Gasteiger charge is -2.09.